The minimum Gasteiger partial charge on any atom is -0.352 e. The summed E-state index contributed by atoms with van der Waals surface area (Å²) in [5.74, 6) is -0.194. The third kappa shape index (κ3) is 3.54. The van der Waals surface area contributed by atoms with Crippen molar-refractivity contribution in [3.63, 3.8) is 0 Å². The van der Waals surface area contributed by atoms with Crippen molar-refractivity contribution < 1.29 is 4.79 Å². The van der Waals surface area contributed by atoms with Crippen LogP contribution in [-0.4, -0.2) is 33.1 Å². The fourth-order valence-electron chi connectivity index (χ4n) is 2.45. The summed E-state index contributed by atoms with van der Waals surface area (Å²) in [6.45, 7) is 4.24. The van der Waals surface area contributed by atoms with Gasteiger partial charge in [-0.25, -0.2) is 9.50 Å². The van der Waals surface area contributed by atoms with Crippen molar-refractivity contribution >= 4 is 11.6 Å². The molecular formula is C15H23N5O2. The maximum atomic E-state index is 12.4. The van der Waals surface area contributed by atoms with E-state index in [1.54, 1.807) is 19.2 Å². The summed E-state index contributed by atoms with van der Waals surface area (Å²) in [5, 5.41) is 5.69. The fraction of sp³-hybridized carbons (Fsp3) is 0.533. The summed E-state index contributed by atoms with van der Waals surface area (Å²) in [6, 6.07) is 1.67. The minimum absolute atomic E-state index is 0.0161. The van der Waals surface area contributed by atoms with Gasteiger partial charge in [0.05, 0.1) is 6.42 Å². The van der Waals surface area contributed by atoms with Crippen molar-refractivity contribution in [2.75, 3.05) is 6.54 Å². The number of fused-ring (bicyclic) bond motifs is 1. The number of carbonyl (C=O) groups excluding carboxylic acids is 1. The molecule has 0 aliphatic carbocycles. The van der Waals surface area contributed by atoms with Crippen LogP contribution in [0.5, 0.6) is 0 Å². The summed E-state index contributed by atoms with van der Waals surface area (Å²) in [7, 11) is 0. The Labute approximate surface area is 128 Å². The van der Waals surface area contributed by atoms with Crippen LogP contribution < -0.4 is 16.6 Å². The smallest absolute Gasteiger partial charge is 0.276 e. The lowest BCUT2D eigenvalue weighted by atomic mass is 10.1. The molecule has 0 saturated carbocycles. The Kier molecular flexibility index (Phi) is 5.32. The maximum absolute atomic E-state index is 12.4. The first kappa shape index (κ1) is 16.2. The molecule has 22 heavy (non-hydrogen) atoms. The fourth-order valence-corrected chi connectivity index (χ4v) is 2.45. The molecule has 0 saturated heterocycles. The molecule has 7 heteroatoms. The summed E-state index contributed by atoms with van der Waals surface area (Å²) in [4.78, 5) is 28.9. The number of hydrogen-bond acceptors (Lipinski definition) is 4. The maximum Gasteiger partial charge on any atom is 0.276 e. The molecule has 2 rings (SSSR count). The molecule has 2 aromatic rings. The highest BCUT2D eigenvalue weighted by Gasteiger charge is 2.16. The van der Waals surface area contributed by atoms with Crippen molar-refractivity contribution in [2.45, 2.75) is 45.6 Å². The van der Waals surface area contributed by atoms with Crippen LogP contribution in [-0.2, 0) is 11.2 Å². The second kappa shape index (κ2) is 7.22. The Morgan fingerprint density at radius 3 is 3.00 bits per heavy atom. The van der Waals surface area contributed by atoms with Crippen LogP contribution >= 0.6 is 0 Å². The number of aromatic nitrogens is 3. The molecule has 0 radical (unpaired) electrons. The first-order valence-corrected chi connectivity index (χ1v) is 7.61. The van der Waals surface area contributed by atoms with E-state index < -0.39 is 0 Å². The van der Waals surface area contributed by atoms with Gasteiger partial charge in [0, 0.05) is 36.1 Å². The third-order valence-corrected chi connectivity index (χ3v) is 3.74. The highest BCUT2D eigenvalue weighted by atomic mass is 16.2. The SMILES string of the molecule is CCCCC(CN)NC(=O)Cc1c(C)nc2cc[nH]n2c1=O. The zero-order valence-corrected chi connectivity index (χ0v) is 13.1. The zero-order valence-electron chi connectivity index (χ0n) is 13.1. The number of aryl methyl sites for hydroxylation is 1. The predicted octanol–water partition coefficient (Wildman–Crippen LogP) is 0.507. The van der Waals surface area contributed by atoms with E-state index in [0.717, 1.165) is 19.3 Å². The quantitative estimate of drug-likeness (QED) is 0.693. The number of H-pyrrole nitrogens is 1. The van der Waals surface area contributed by atoms with Crippen LogP contribution in [0.1, 0.15) is 37.4 Å². The van der Waals surface area contributed by atoms with Gasteiger partial charge >= 0.3 is 0 Å². The van der Waals surface area contributed by atoms with Crippen molar-refractivity contribution in [1.29, 1.82) is 0 Å². The molecule has 1 amide bonds. The Morgan fingerprint density at radius 2 is 2.32 bits per heavy atom. The van der Waals surface area contributed by atoms with Crippen LogP contribution in [0.3, 0.4) is 0 Å². The standard InChI is InChI=1S/C15H23N5O2/c1-3-4-5-11(9-16)19-14(21)8-12-10(2)18-13-6-7-17-20(13)15(12)22/h6-7,11,17H,3-5,8-9,16H2,1-2H3,(H,19,21). The molecule has 4 N–H and O–H groups in total. The van der Waals surface area contributed by atoms with Gasteiger partial charge in [-0.15, -0.1) is 0 Å². The summed E-state index contributed by atoms with van der Waals surface area (Å²) >= 11 is 0. The number of unbranched alkanes of at least 4 members (excludes halogenated alkanes) is 1. The lowest BCUT2D eigenvalue weighted by Gasteiger charge is -2.16. The average Bonchev–Trinajstić information content (AvgIpc) is 2.96. The molecule has 0 fully saturated rings. The molecule has 2 aromatic heterocycles. The lowest BCUT2D eigenvalue weighted by Crippen LogP contribution is -2.41. The minimum atomic E-state index is -0.236. The molecule has 0 aromatic carbocycles. The van der Waals surface area contributed by atoms with Crippen LogP contribution in [0.4, 0.5) is 0 Å². The monoisotopic (exact) mass is 305 g/mol. The van der Waals surface area contributed by atoms with Crippen molar-refractivity contribution in [3.05, 3.63) is 33.9 Å². The molecule has 1 atom stereocenters. The molecule has 0 spiro atoms. The first-order chi connectivity index (χ1) is 10.6. The molecule has 2 heterocycles. The number of amides is 1. The van der Waals surface area contributed by atoms with E-state index >= 15 is 0 Å². The Morgan fingerprint density at radius 1 is 1.55 bits per heavy atom. The Balaban J connectivity index is 2.13. The lowest BCUT2D eigenvalue weighted by molar-refractivity contribution is -0.121. The van der Waals surface area contributed by atoms with Gasteiger partial charge in [0.1, 0.15) is 0 Å². The van der Waals surface area contributed by atoms with E-state index in [2.05, 4.69) is 22.3 Å². The molecular weight excluding hydrogens is 282 g/mol. The number of aromatic amines is 1. The van der Waals surface area contributed by atoms with Crippen molar-refractivity contribution in [3.8, 4) is 0 Å². The molecule has 0 aliphatic rings. The summed E-state index contributed by atoms with van der Waals surface area (Å²) in [5.41, 5.74) is 6.98. The molecule has 120 valence electrons. The van der Waals surface area contributed by atoms with E-state index in [1.165, 1.54) is 4.52 Å². The molecule has 7 nitrogen and oxygen atoms in total. The van der Waals surface area contributed by atoms with Gasteiger partial charge in [-0.3, -0.25) is 14.7 Å². The molecule has 0 aliphatic heterocycles. The van der Waals surface area contributed by atoms with Gasteiger partial charge in [-0.2, -0.15) is 0 Å². The molecule has 0 bridgehead atoms. The van der Waals surface area contributed by atoms with E-state index in [9.17, 15) is 9.59 Å². The third-order valence-electron chi connectivity index (χ3n) is 3.74. The highest BCUT2D eigenvalue weighted by molar-refractivity contribution is 5.79. The molecule has 1 unspecified atom stereocenters. The number of nitrogens with zero attached hydrogens (tertiary/aromatic N) is 2. The van der Waals surface area contributed by atoms with Crippen LogP contribution in [0.2, 0.25) is 0 Å². The number of hydrogen-bond donors (Lipinski definition) is 3. The van der Waals surface area contributed by atoms with E-state index in [0.29, 0.717) is 23.4 Å². The van der Waals surface area contributed by atoms with Gasteiger partial charge in [-0.05, 0) is 13.3 Å². The van der Waals surface area contributed by atoms with Crippen molar-refractivity contribution in [1.82, 2.24) is 19.9 Å². The second-order valence-electron chi connectivity index (χ2n) is 5.46. The highest BCUT2D eigenvalue weighted by Crippen LogP contribution is 2.05. The first-order valence-electron chi connectivity index (χ1n) is 7.61. The van der Waals surface area contributed by atoms with Crippen LogP contribution in [0.25, 0.3) is 5.65 Å². The van der Waals surface area contributed by atoms with Crippen molar-refractivity contribution in [2.24, 2.45) is 5.73 Å². The predicted molar refractivity (Wildman–Crippen MR) is 84.8 cm³/mol. The average molecular weight is 305 g/mol. The van der Waals surface area contributed by atoms with Gasteiger partial charge < -0.3 is 11.1 Å². The van der Waals surface area contributed by atoms with E-state index in [1.807, 2.05) is 0 Å². The van der Waals surface area contributed by atoms with Gasteiger partial charge in [0.2, 0.25) is 5.91 Å². The Hall–Kier alpha value is -2.15. The van der Waals surface area contributed by atoms with Crippen LogP contribution in [0.15, 0.2) is 17.1 Å². The zero-order chi connectivity index (χ0) is 16.1. The van der Waals surface area contributed by atoms with Crippen LogP contribution in [0, 0.1) is 6.92 Å². The van der Waals surface area contributed by atoms with E-state index in [-0.39, 0.29) is 23.9 Å². The van der Waals surface area contributed by atoms with Gasteiger partial charge in [0.15, 0.2) is 5.65 Å². The summed E-state index contributed by atoms with van der Waals surface area (Å²) < 4.78 is 1.34. The second-order valence-corrected chi connectivity index (χ2v) is 5.46. The van der Waals surface area contributed by atoms with E-state index in [4.69, 9.17) is 5.73 Å². The normalized spacial score (nSPS) is 12.5. The largest absolute Gasteiger partial charge is 0.352 e. The number of carbonyl (C=O) groups is 1. The number of nitrogens with one attached hydrogen (secondary N) is 2. The number of rotatable bonds is 7. The van der Waals surface area contributed by atoms with Gasteiger partial charge in [-0.1, -0.05) is 19.8 Å². The summed E-state index contributed by atoms with van der Waals surface area (Å²) in [6.07, 6.45) is 4.58. The Bertz CT molecular complexity index is 704. The topological polar surface area (TPSA) is 105 Å². The van der Waals surface area contributed by atoms with Gasteiger partial charge in [0.25, 0.3) is 5.56 Å². The number of nitrogens with two attached hydrogens (primary N) is 1.